The Hall–Kier alpha value is -1.78. The lowest BCUT2D eigenvalue weighted by molar-refractivity contribution is -0.125. The molecule has 2 aliphatic rings. The Morgan fingerprint density at radius 1 is 1.08 bits per heavy atom. The second-order valence-corrected chi connectivity index (χ2v) is 7.49. The first kappa shape index (κ1) is 18.6. The van der Waals surface area contributed by atoms with Crippen LogP contribution in [0.2, 0.25) is 0 Å². The molecule has 0 saturated carbocycles. The van der Waals surface area contributed by atoms with Gasteiger partial charge in [-0.15, -0.1) is 0 Å². The van der Waals surface area contributed by atoms with Crippen molar-refractivity contribution in [3.63, 3.8) is 0 Å². The first-order valence-corrected chi connectivity index (χ1v) is 8.99. The summed E-state index contributed by atoms with van der Waals surface area (Å²) in [6.45, 7) is 9.28. The third-order valence-corrected chi connectivity index (χ3v) is 5.24. The summed E-state index contributed by atoms with van der Waals surface area (Å²) in [4.78, 5) is 27.9. The Kier molecular flexibility index (Phi) is 6.08. The third kappa shape index (κ3) is 4.40. The Morgan fingerprint density at radius 3 is 2.42 bits per heavy atom. The summed E-state index contributed by atoms with van der Waals surface area (Å²) in [5, 5.41) is 2.65. The molecule has 1 aliphatic carbocycles. The van der Waals surface area contributed by atoms with Crippen LogP contribution in [0, 0.1) is 5.41 Å². The number of carbonyl (C=O) groups excluding carboxylic acids is 2. The van der Waals surface area contributed by atoms with Gasteiger partial charge in [-0.25, -0.2) is 4.79 Å². The Bertz CT molecular complexity index is 549. The zero-order valence-electron chi connectivity index (χ0n) is 15.5. The van der Waals surface area contributed by atoms with Gasteiger partial charge in [0.15, 0.2) is 0 Å². The molecule has 1 N–H and O–H groups in total. The Morgan fingerprint density at radius 2 is 1.75 bits per heavy atom. The minimum Gasteiger partial charge on any atom is -0.341 e. The highest BCUT2D eigenvalue weighted by Crippen LogP contribution is 2.40. The van der Waals surface area contributed by atoms with Crippen LogP contribution in [0.4, 0.5) is 4.79 Å². The minimum atomic E-state index is -0.0652. The molecule has 2 rings (SSSR count). The van der Waals surface area contributed by atoms with Crippen molar-refractivity contribution in [1.29, 1.82) is 0 Å². The quantitative estimate of drug-likeness (QED) is 0.790. The molecule has 1 fully saturated rings. The van der Waals surface area contributed by atoms with E-state index < -0.39 is 0 Å². The second-order valence-electron chi connectivity index (χ2n) is 7.49. The SMILES string of the molecule is CNC(=O)N1CCCN(C(=O)/C=C/C2=C(C)CCCC2(C)C)CC1. The lowest BCUT2D eigenvalue weighted by Crippen LogP contribution is -2.41. The van der Waals surface area contributed by atoms with Crippen molar-refractivity contribution in [3.05, 3.63) is 23.3 Å². The van der Waals surface area contributed by atoms with E-state index in [1.54, 1.807) is 18.0 Å². The molecule has 0 bridgehead atoms. The number of nitrogens with one attached hydrogen (secondary N) is 1. The largest absolute Gasteiger partial charge is 0.341 e. The summed E-state index contributed by atoms with van der Waals surface area (Å²) in [7, 11) is 1.64. The predicted molar refractivity (Wildman–Crippen MR) is 96.7 cm³/mol. The van der Waals surface area contributed by atoms with Gasteiger partial charge in [0.05, 0.1) is 0 Å². The number of nitrogens with zero attached hydrogens (tertiary/aromatic N) is 2. The van der Waals surface area contributed by atoms with Crippen molar-refractivity contribution in [1.82, 2.24) is 15.1 Å². The molecule has 134 valence electrons. The molecule has 5 nitrogen and oxygen atoms in total. The number of amides is 3. The van der Waals surface area contributed by atoms with Crippen LogP contribution >= 0.6 is 0 Å². The summed E-state index contributed by atoms with van der Waals surface area (Å²) in [5.41, 5.74) is 2.86. The van der Waals surface area contributed by atoms with E-state index in [4.69, 9.17) is 0 Å². The van der Waals surface area contributed by atoms with E-state index >= 15 is 0 Å². The average Bonchev–Trinajstić information content (AvgIpc) is 2.79. The van der Waals surface area contributed by atoms with Gasteiger partial charge < -0.3 is 15.1 Å². The lowest BCUT2D eigenvalue weighted by Gasteiger charge is -2.33. The zero-order chi connectivity index (χ0) is 17.7. The van der Waals surface area contributed by atoms with Gasteiger partial charge in [-0.3, -0.25) is 4.79 Å². The van der Waals surface area contributed by atoms with Gasteiger partial charge in [0.1, 0.15) is 0 Å². The number of rotatable bonds is 2. The molecule has 0 aromatic rings. The maximum atomic E-state index is 12.6. The number of hydrogen-bond donors (Lipinski definition) is 1. The van der Waals surface area contributed by atoms with E-state index in [1.165, 1.54) is 24.0 Å². The van der Waals surface area contributed by atoms with E-state index in [1.807, 2.05) is 11.0 Å². The number of carbonyl (C=O) groups is 2. The van der Waals surface area contributed by atoms with Gasteiger partial charge in [-0.1, -0.05) is 25.5 Å². The fourth-order valence-corrected chi connectivity index (χ4v) is 3.77. The minimum absolute atomic E-state index is 0.0513. The number of hydrogen-bond acceptors (Lipinski definition) is 2. The summed E-state index contributed by atoms with van der Waals surface area (Å²) in [6.07, 6.45) is 8.09. The summed E-state index contributed by atoms with van der Waals surface area (Å²) in [6, 6.07) is -0.0652. The molecular weight excluding hydrogens is 302 g/mol. The number of allylic oxidation sites excluding steroid dienone is 3. The van der Waals surface area contributed by atoms with Crippen LogP contribution in [0.3, 0.4) is 0 Å². The summed E-state index contributed by atoms with van der Waals surface area (Å²) in [5.74, 6) is 0.0513. The molecule has 1 heterocycles. The van der Waals surface area contributed by atoms with Gasteiger partial charge >= 0.3 is 6.03 Å². The van der Waals surface area contributed by atoms with E-state index in [9.17, 15) is 9.59 Å². The standard InChI is InChI=1S/C19H31N3O2/c1-15-7-5-10-19(2,3)16(15)8-9-17(23)21-11-6-12-22(14-13-21)18(24)20-4/h8-9H,5-7,10-14H2,1-4H3,(H,20,24)/b9-8+. The van der Waals surface area contributed by atoms with Crippen LogP contribution in [-0.2, 0) is 4.79 Å². The maximum Gasteiger partial charge on any atom is 0.317 e. The third-order valence-electron chi connectivity index (χ3n) is 5.24. The van der Waals surface area contributed by atoms with E-state index in [-0.39, 0.29) is 17.4 Å². The van der Waals surface area contributed by atoms with Gasteiger partial charge in [0.25, 0.3) is 0 Å². The van der Waals surface area contributed by atoms with Gasteiger partial charge in [0.2, 0.25) is 5.91 Å². The van der Waals surface area contributed by atoms with Gasteiger partial charge in [-0.2, -0.15) is 0 Å². The van der Waals surface area contributed by atoms with Crippen molar-refractivity contribution in [3.8, 4) is 0 Å². The van der Waals surface area contributed by atoms with Crippen molar-refractivity contribution in [2.24, 2.45) is 5.41 Å². The van der Waals surface area contributed by atoms with Crippen LogP contribution in [-0.4, -0.2) is 55.0 Å². The van der Waals surface area contributed by atoms with Crippen molar-refractivity contribution in [2.45, 2.75) is 46.5 Å². The number of urea groups is 1. The molecule has 3 amide bonds. The monoisotopic (exact) mass is 333 g/mol. The molecule has 0 unspecified atom stereocenters. The summed E-state index contributed by atoms with van der Waals surface area (Å²) < 4.78 is 0. The first-order valence-electron chi connectivity index (χ1n) is 8.99. The van der Waals surface area contributed by atoms with Crippen molar-refractivity contribution >= 4 is 11.9 Å². The normalized spacial score (nSPS) is 21.8. The molecule has 24 heavy (non-hydrogen) atoms. The highest BCUT2D eigenvalue weighted by molar-refractivity contribution is 5.88. The van der Waals surface area contributed by atoms with E-state index in [0.717, 1.165) is 12.8 Å². The fourth-order valence-electron chi connectivity index (χ4n) is 3.77. The molecule has 0 aromatic heterocycles. The molecule has 5 heteroatoms. The first-order chi connectivity index (χ1) is 11.3. The Balaban J connectivity index is 2.00. The molecule has 0 radical (unpaired) electrons. The van der Waals surface area contributed by atoms with E-state index in [2.05, 4.69) is 26.1 Å². The highest BCUT2D eigenvalue weighted by Gasteiger charge is 2.27. The predicted octanol–water partition coefficient (Wildman–Crippen LogP) is 2.94. The van der Waals surface area contributed by atoms with Gasteiger partial charge in [0, 0.05) is 39.3 Å². The molecule has 1 aliphatic heterocycles. The maximum absolute atomic E-state index is 12.6. The van der Waals surface area contributed by atoms with Crippen LogP contribution in [0.1, 0.15) is 46.5 Å². The molecule has 0 atom stereocenters. The van der Waals surface area contributed by atoms with Gasteiger partial charge in [-0.05, 0) is 43.6 Å². The smallest absolute Gasteiger partial charge is 0.317 e. The van der Waals surface area contributed by atoms with Crippen molar-refractivity contribution < 1.29 is 9.59 Å². The lowest BCUT2D eigenvalue weighted by atomic mass is 9.72. The summed E-state index contributed by atoms with van der Waals surface area (Å²) >= 11 is 0. The highest BCUT2D eigenvalue weighted by atomic mass is 16.2. The van der Waals surface area contributed by atoms with Crippen LogP contribution in [0.15, 0.2) is 23.3 Å². The zero-order valence-corrected chi connectivity index (χ0v) is 15.5. The second kappa shape index (κ2) is 7.86. The van der Waals surface area contributed by atoms with Crippen LogP contribution < -0.4 is 5.32 Å². The Labute approximate surface area is 145 Å². The van der Waals surface area contributed by atoms with Crippen molar-refractivity contribution in [2.75, 3.05) is 33.2 Å². The molecular formula is C19H31N3O2. The van der Waals surface area contributed by atoms with E-state index in [0.29, 0.717) is 26.2 Å². The average molecular weight is 333 g/mol. The van der Waals surface area contributed by atoms with Crippen LogP contribution in [0.5, 0.6) is 0 Å². The molecule has 1 saturated heterocycles. The van der Waals surface area contributed by atoms with Crippen LogP contribution in [0.25, 0.3) is 0 Å². The fraction of sp³-hybridized carbons (Fsp3) is 0.684. The topological polar surface area (TPSA) is 52.7 Å². The molecule has 0 aromatic carbocycles. The molecule has 0 spiro atoms.